The van der Waals surface area contributed by atoms with Crippen molar-refractivity contribution in [3.05, 3.63) is 34.9 Å². The first-order valence-electron chi connectivity index (χ1n) is 8.68. The van der Waals surface area contributed by atoms with E-state index in [2.05, 4.69) is 42.3 Å². The van der Waals surface area contributed by atoms with E-state index in [0.717, 1.165) is 19.6 Å². The lowest BCUT2D eigenvalue weighted by molar-refractivity contribution is 0.155. The molecule has 0 aliphatic carbocycles. The number of sulfone groups is 1. The number of nitrogens with zero attached hydrogens (tertiary/aromatic N) is 1. The molecule has 0 radical (unpaired) electrons. The third-order valence-corrected chi connectivity index (χ3v) is 6.95. The van der Waals surface area contributed by atoms with Crippen LogP contribution in [-0.4, -0.2) is 50.0 Å². The monoisotopic (exact) mass is 336 g/mol. The van der Waals surface area contributed by atoms with Gasteiger partial charge in [-0.3, -0.25) is 4.90 Å². The van der Waals surface area contributed by atoms with Gasteiger partial charge in [-0.15, -0.1) is 0 Å². The van der Waals surface area contributed by atoms with Crippen molar-refractivity contribution in [2.45, 2.75) is 51.7 Å². The van der Waals surface area contributed by atoms with E-state index in [-0.39, 0.29) is 17.8 Å². The van der Waals surface area contributed by atoms with Gasteiger partial charge in [-0.25, -0.2) is 8.42 Å². The van der Waals surface area contributed by atoms with E-state index in [0.29, 0.717) is 5.75 Å². The first-order chi connectivity index (χ1) is 10.9. The molecule has 1 aromatic carbocycles. The predicted octanol–water partition coefficient (Wildman–Crippen LogP) is 2.04. The van der Waals surface area contributed by atoms with Crippen LogP contribution in [-0.2, 0) is 16.4 Å². The molecule has 2 aliphatic heterocycles. The van der Waals surface area contributed by atoms with Gasteiger partial charge in [-0.1, -0.05) is 30.2 Å². The Morgan fingerprint density at radius 3 is 2.57 bits per heavy atom. The van der Waals surface area contributed by atoms with E-state index < -0.39 is 9.84 Å². The molecule has 3 rings (SSSR count). The maximum absolute atomic E-state index is 12.2. The topological polar surface area (TPSA) is 49.4 Å². The number of benzene rings is 1. The van der Waals surface area contributed by atoms with Crippen LogP contribution in [0, 0.1) is 13.8 Å². The van der Waals surface area contributed by atoms with Gasteiger partial charge in [0.05, 0.1) is 11.5 Å². The van der Waals surface area contributed by atoms with Gasteiger partial charge in [0.2, 0.25) is 0 Å². The number of hydrogen-bond donors (Lipinski definition) is 1. The Labute approximate surface area is 140 Å². The van der Waals surface area contributed by atoms with Crippen LogP contribution in [0.3, 0.4) is 0 Å². The van der Waals surface area contributed by atoms with Crippen molar-refractivity contribution < 1.29 is 8.42 Å². The molecule has 0 aromatic heterocycles. The summed E-state index contributed by atoms with van der Waals surface area (Å²) in [6.45, 7) is 7.05. The van der Waals surface area contributed by atoms with Crippen LogP contribution in [0.1, 0.15) is 36.0 Å². The Balaban J connectivity index is 1.68. The molecule has 5 heteroatoms. The maximum Gasteiger partial charge on any atom is 0.153 e. The molecule has 2 atom stereocenters. The summed E-state index contributed by atoms with van der Waals surface area (Å²) in [6, 6.07) is 6.66. The fourth-order valence-electron chi connectivity index (χ4n) is 3.92. The standard InChI is InChI=1S/C18H28N2O2S/c1-14-6-7-16(15(2)10-14)11-19-17-12-23(21,22)13-18(17)20-8-4-3-5-9-20/h6-7,10,17-19H,3-5,8-9,11-13H2,1-2H3. The number of likely N-dealkylation sites (tertiary alicyclic amines) is 1. The molecule has 0 spiro atoms. The average Bonchev–Trinajstić information content (AvgIpc) is 2.82. The largest absolute Gasteiger partial charge is 0.307 e. The minimum Gasteiger partial charge on any atom is -0.307 e. The second kappa shape index (κ2) is 6.91. The van der Waals surface area contributed by atoms with Crippen molar-refractivity contribution in [2.75, 3.05) is 24.6 Å². The van der Waals surface area contributed by atoms with Crippen LogP contribution in [0.4, 0.5) is 0 Å². The molecule has 4 nitrogen and oxygen atoms in total. The highest BCUT2D eigenvalue weighted by Crippen LogP contribution is 2.23. The third-order valence-electron chi connectivity index (χ3n) is 5.24. The third kappa shape index (κ3) is 4.14. The molecule has 2 unspecified atom stereocenters. The van der Waals surface area contributed by atoms with Crippen molar-refractivity contribution in [1.29, 1.82) is 0 Å². The number of hydrogen-bond acceptors (Lipinski definition) is 4. The van der Waals surface area contributed by atoms with Crippen molar-refractivity contribution in [1.82, 2.24) is 10.2 Å². The normalized spacial score (nSPS) is 28.1. The summed E-state index contributed by atoms with van der Waals surface area (Å²) in [4.78, 5) is 2.40. The Bertz CT molecular complexity index is 651. The predicted molar refractivity (Wildman–Crippen MR) is 94.4 cm³/mol. The zero-order chi connectivity index (χ0) is 16.4. The summed E-state index contributed by atoms with van der Waals surface area (Å²) in [7, 11) is -2.92. The number of aryl methyl sites for hydroxylation is 2. The molecule has 0 amide bonds. The van der Waals surface area contributed by atoms with Crippen LogP contribution in [0.2, 0.25) is 0 Å². The van der Waals surface area contributed by atoms with Crippen LogP contribution in [0.25, 0.3) is 0 Å². The summed E-state index contributed by atoms with van der Waals surface area (Å²) in [5, 5.41) is 3.54. The van der Waals surface area contributed by atoms with Crippen LogP contribution in [0.5, 0.6) is 0 Å². The lowest BCUT2D eigenvalue weighted by atomic mass is 10.0. The first kappa shape index (κ1) is 16.9. The number of nitrogens with one attached hydrogen (secondary N) is 1. The van der Waals surface area contributed by atoms with Gasteiger partial charge in [-0.2, -0.15) is 0 Å². The second-order valence-electron chi connectivity index (χ2n) is 7.16. The van der Waals surface area contributed by atoms with Crippen molar-refractivity contribution in [3.8, 4) is 0 Å². The summed E-state index contributed by atoms with van der Waals surface area (Å²) in [5.41, 5.74) is 3.80. The minimum atomic E-state index is -2.92. The van der Waals surface area contributed by atoms with Gasteiger partial charge < -0.3 is 5.32 Å². The van der Waals surface area contributed by atoms with Gasteiger partial charge in [-0.05, 0) is 50.9 Å². The summed E-state index contributed by atoms with van der Waals surface area (Å²) >= 11 is 0. The van der Waals surface area contributed by atoms with E-state index in [1.165, 1.54) is 36.0 Å². The van der Waals surface area contributed by atoms with Gasteiger partial charge in [0.25, 0.3) is 0 Å². The van der Waals surface area contributed by atoms with E-state index >= 15 is 0 Å². The van der Waals surface area contributed by atoms with Crippen LogP contribution in [0.15, 0.2) is 18.2 Å². The second-order valence-corrected chi connectivity index (χ2v) is 9.31. The molecule has 2 aliphatic rings. The fourth-order valence-corrected chi connectivity index (χ4v) is 5.91. The summed E-state index contributed by atoms with van der Waals surface area (Å²) in [5.74, 6) is 0.594. The minimum absolute atomic E-state index is 0.0544. The average molecular weight is 337 g/mol. The Morgan fingerprint density at radius 2 is 1.87 bits per heavy atom. The van der Waals surface area contributed by atoms with Gasteiger partial charge in [0.15, 0.2) is 9.84 Å². The van der Waals surface area contributed by atoms with Gasteiger partial charge in [0, 0.05) is 18.6 Å². The quantitative estimate of drug-likeness (QED) is 0.914. The molecule has 2 fully saturated rings. The molecule has 0 saturated carbocycles. The molecular formula is C18H28N2O2S. The SMILES string of the molecule is Cc1ccc(CNC2CS(=O)(=O)CC2N2CCCCC2)c(C)c1. The summed E-state index contributed by atoms with van der Waals surface area (Å²) in [6.07, 6.45) is 3.66. The lowest BCUT2D eigenvalue weighted by Crippen LogP contribution is -2.50. The Hall–Kier alpha value is -0.910. The smallest absolute Gasteiger partial charge is 0.153 e. The lowest BCUT2D eigenvalue weighted by Gasteiger charge is -2.35. The Morgan fingerprint density at radius 1 is 1.13 bits per heavy atom. The van der Waals surface area contributed by atoms with Crippen molar-refractivity contribution >= 4 is 9.84 Å². The molecular weight excluding hydrogens is 308 g/mol. The highest BCUT2D eigenvalue weighted by molar-refractivity contribution is 7.91. The molecule has 2 heterocycles. The molecule has 1 N–H and O–H groups in total. The van der Waals surface area contributed by atoms with Crippen LogP contribution < -0.4 is 5.32 Å². The van der Waals surface area contributed by atoms with E-state index in [4.69, 9.17) is 0 Å². The highest BCUT2D eigenvalue weighted by atomic mass is 32.2. The first-order valence-corrected chi connectivity index (χ1v) is 10.5. The van der Waals surface area contributed by atoms with E-state index in [1.54, 1.807) is 0 Å². The zero-order valence-electron chi connectivity index (χ0n) is 14.2. The van der Waals surface area contributed by atoms with Crippen LogP contribution >= 0.6 is 0 Å². The molecule has 2 saturated heterocycles. The fraction of sp³-hybridized carbons (Fsp3) is 0.667. The molecule has 0 bridgehead atoms. The molecule has 128 valence electrons. The van der Waals surface area contributed by atoms with Gasteiger partial charge in [0.1, 0.15) is 0 Å². The van der Waals surface area contributed by atoms with Gasteiger partial charge >= 0.3 is 0 Å². The Kier molecular flexibility index (Phi) is 5.09. The zero-order valence-corrected chi connectivity index (χ0v) is 15.0. The molecule has 1 aromatic rings. The van der Waals surface area contributed by atoms with E-state index in [1.807, 2.05) is 0 Å². The number of rotatable bonds is 4. The van der Waals surface area contributed by atoms with E-state index in [9.17, 15) is 8.42 Å². The van der Waals surface area contributed by atoms with Crippen molar-refractivity contribution in [2.24, 2.45) is 0 Å². The van der Waals surface area contributed by atoms with Crippen molar-refractivity contribution in [3.63, 3.8) is 0 Å². The number of piperidine rings is 1. The molecule has 23 heavy (non-hydrogen) atoms. The summed E-state index contributed by atoms with van der Waals surface area (Å²) < 4.78 is 24.3. The highest BCUT2D eigenvalue weighted by Gasteiger charge is 2.40. The maximum atomic E-state index is 12.2.